The summed E-state index contributed by atoms with van der Waals surface area (Å²) in [4.78, 5) is 30.3. The zero-order valence-corrected chi connectivity index (χ0v) is 18.6. The third-order valence-electron chi connectivity index (χ3n) is 4.20. The number of ether oxygens (including phenoxy) is 1. The number of thiophene rings is 1. The van der Waals surface area contributed by atoms with E-state index >= 15 is 0 Å². The lowest BCUT2D eigenvalue weighted by atomic mass is 10.2. The fourth-order valence-corrected chi connectivity index (χ4v) is 3.56. The van der Waals surface area contributed by atoms with Gasteiger partial charge in [-0.2, -0.15) is 0 Å². The Morgan fingerprint density at radius 3 is 2.61 bits per heavy atom. The van der Waals surface area contributed by atoms with Gasteiger partial charge in [-0.25, -0.2) is 15.0 Å². The van der Waals surface area contributed by atoms with Gasteiger partial charge in [-0.1, -0.05) is 19.9 Å². The molecule has 0 bridgehead atoms. The van der Waals surface area contributed by atoms with Crippen molar-refractivity contribution in [1.29, 1.82) is 0 Å². The highest BCUT2D eigenvalue weighted by Gasteiger charge is 2.18. The van der Waals surface area contributed by atoms with Gasteiger partial charge >= 0.3 is 0 Å². The Balaban J connectivity index is 0.00000132. The highest BCUT2D eigenvalue weighted by Crippen LogP contribution is 2.26. The molecule has 160 valence electrons. The minimum atomic E-state index is -0.333. The number of pyridine rings is 2. The number of methoxy groups -OCH3 is 1. The fourth-order valence-electron chi connectivity index (χ4n) is 2.75. The van der Waals surface area contributed by atoms with Crippen LogP contribution in [0, 0.1) is 0 Å². The molecule has 0 aliphatic carbocycles. The number of carbonyl (C=O) groups excluding carboxylic acids is 1. The van der Waals surface area contributed by atoms with Crippen LogP contribution in [0.3, 0.4) is 0 Å². The Labute approximate surface area is 184 Å². The topological polar surface area (TPSA) is 102 Å². The number of hydrogen-bond acceptors (Lipinski definition) is 8. The summed E-state index contributed by atoms with van der Waals surface area (Å²) < 4.78 is 5.76. The van der Waals surface area contributed by atoms with Crippen LogP contribution in [0.4, 0.5) is 11.6 Å². The van der Waals surface area contributed by atoms with E-state index < -0.39 is 0 Å². The second-order valence-corrected chi connectivity index (χ2v) is 7.11. The zero-order valence-electron chi connectivity index (χ0n) is 17.8. The Hall–Kier alpha value is -3.59. The quantitative estimate of drug-likeness (QED) is 0.441. The molecular weight excluding hydrogens is 412 g/mol. The van der Waals surface area contributed by atoms with Gasteiger partial charge in [0.15, 0.2) is 5.69 Å². The summed E-state index contributed by atoms with van der Waals surface area (Å²) in [6.45, 7) is 5.96. The second-order valence-electron chi connectivity index (χ2n) is 6.19. The first-order valence-electron chi connectivity index (χ1n) is 9.88. The molecule has 1 amide bonds. The minimum absolute atomic E-state index is 0.117. The average Bonchev–Trinajstić information content (AvgIpc) is 3.29. The lowest BCUT2D eigenvalue weighted by Gasteiger charge is -2.14. The van der Waals surface area contributed by atoms with Crippen molar-refractivity contribution < 1.29 is 9.53 Å². The van der Waals surface area contributed by atoms with Crippen molar-refractivity contribution in [1.82, 2.24) is 19.9 Å². The first-order valence-corrected chi connectivity index (χ1v) is 10.8. The number of fused-ring (bicyclic) bond motifs is 1. The van der Waals surface area contributed by atoms with Crippen molar-refractivity contribution in [3.05, 3.63) is 65.6 Å². The number of anilines is 2. The van der Waals surface area contributed by atoms with Crippen LogP contribution in [-0.4, -0.2) is 33.0 Å². The van der Waals surface area contributed by atoms with E-state index in [9.17, 15) is 4.79 Å². The number of amides is 1. The molecule has 1 atom stereocenters. The molecule has 4 aromatic heterocycles. The lowest BCUT2D eigenvalue weighted by Crippen LogP contribution is -2.17. The first kappa shape index (κ1) is 22.1. The van der Waals surface area contributed by atoms with Crippen molar-refractivity contribution in [3.8, 4) is 5.88 Å². The number of aromatic nitrogens is 4. The van der Waals surface area contributed by atoms with Gasteiger partial charge in [0.2, 0.25) is 11.8 Å². The molecule has 0 saturated carbocycles. The number of hydrogen-bond donors (Lipinski definition) is 2. The molecule has 0 fully saturated rings. The van der Waals surface area contributed by atoms with E-state index in [1.807, 2.05) is 50.4 Å². The Kier molecular flexibility index (Phi) is 7.45. The molecule has 0 radical (unpaired) electrons. The maximum Gasteiger partial charge on any atom is 0.276 e. The van der Waals surface area contributed by atoms with E-state index in [0.717, 1.165) is 10.4 Å². The Morgan fingerprint density at radius 1 is 1.10 bits per heavy atom. The van der Waals surface area contributed by atoms with E-state index in [4.69, 9.17) is 4.74 Å². The van der Waals surface area contributed by atoms with Gasteiger partial charge in [-0.3, -0.25) is 9.78 Å². The van der Waals surface area contributed by atoms with E-state index in [2.05, 4.69) is 30.6 Å². The fraction of sp³-hybridized carbons (Fsp3) is 0.227. The van der Waals surface area contributed by atoms with E-state index in [1.165, 1.54) is 24.6 Å². The molecule has 0 aliphatic heterocycles. The maximum atomic E-state index is 12.9. The predicted octanol–water partition coefficient (Wildman–Crippen LogP) is 4.94. The first-order chi connectivity index (χ1) is 15.1. The average molecular weight is 437 g/mol. The lowest BCUT2D eigenvalue weighted by molar-refractivity contribution is 0.102. The van der Waals surface area contributed by atoms with Gasteiger partial charge in [0, 0.05) is 12.3 Å². The molecule has 2 N–H and O–H groups in total. The van der Waals surface area contributed by atoms with Crippen molar-refractivity contribution in [3.63, 3.8) is 0 Å². The van der Waals surface area contributed by atoms with Crippen LogP contribution in [0.1, 0.15) is 43.0 Å². The SMILES string of the molecule is CC.COc1ccc(NC(=O)c2nc(N[C@@H](C)c3ccccn3)nc3ccsc23)cn1. The summed E-state index contributed by atoms with van der Waals surface area (Å²) in [7, 11) is 1.54. The standard InChI is InChI=1S/C20H18N6O2S.C2H6/c1-12(14-5-3-4-9-21-14)23-20-25-15-8-10-29-18(15)17(26-20)19(27)24-13-6-7-16(28-2)22-11-13;1-2/h3-12H,1-2H3,(H,24,27)(H,23,25,26);1-2H3/t12-;/m0./s1. The number of nitrogens with one attached hydrogen (secondary N) is 2. The molecule has 0 spiro atoms. The van der Waals surface area contributed by atoms with Crippen molar-refractivity contribution in [2.75, 3.05) is 17.7 Å². The van der Waals surface area contributed by atoms with Gasteiger partial charge in [-0.05, 0) is 36.6 Å². The Bertz CT molecular complexity index is 1130. The van der Waals surface area contributed by atoms with E-state index in [-0.39, 0.29) is 11.9 Å². The Morgan fingerprint density at radius 2 is 1.94 bits per heavy atom. The molecule has 0 aromatic carbocycles. The molecule has 0 aliphatic rings. The van der Waals surface area contributed by atoms with Crippen molar-refractivity contribution in [2.24, 2.45) is 0 Å². The molecular formula is C22H24N6O2S. The largest absolute Gasteiger partial charge is 0.481 e. The van der Waals surface area contributed by atoms with Crippen molar-refractivity contribution in [2.45, 2.75) is 26.8 Å². The molecule has 4 aromatic rings. The van der Waals surface area contributed by atoms with Crippen LogP contribution in [-0.2, 0) is 0 Å². The van der Waals surface area contributed by atoms with Crippen LogP contribution in [0.2, 0.25) is 0 Å². The number of carbonyl (C=O) groups is 1. The number of nitrogens with zero attached hydrogens (tertiary/aromatic N) is 4. The molecule has 4 rings (SSSR count). The van der Waals surface area contributed by atoms with Crippen LogP contribution >= 0.6 is 11.3 Å². The zero-order chi connectivity index (χ0) is 22.2. The van der Waals surface area contributed by atoms with Crippen LogP contribution < -0.4 is 15.4 Å². The van der Waals surface area contributed by atoms with Crippen LogP contribution in [0.15, 0.2) is 54.2 Å². The van der Waals surface area contributed by atoms with Gasteiger partial charge in [0.1, 0.15) is 0 Å². The molecule has 31 heavy (non-hydrogen) atoms. The third kappa shape index (κ3) is 5.32. The van der Waals surface area contributed by atoms with Crippen LogP contribution in [0.5, 0.6) is 5.88 Å². The van der Waals surface area contributed by atoms with E-state index in [0.29, 0.717) is 28.7 Å². The highest BCUT2D eigenvalue weighted by atomic mass is 32.1. The monoisotopic (exact) mass is 436 g/mol. The molecule has 8 nitrogen and oxygen atoms in total. The predicted molar refractivity (Wildman–Crippen MR) is 124 cm³/mol. The van der Waals surface area contributed by atoms with Crippen molar-refractivity contribution >= 4 is 39.1 Å². The van der Waals surface area contributed by atoms with Gasteiger partial charge in [-0.15, -0.1) is 11.3 Å². The second kappa shape index (κ2) is 10.4. The van der Waals surface area contributed by atoms with E-state index in [1.54, 1.807) is 18.3 Å². The summed E-state index contributed by atoms with van der Waals surface area (Å²) in [5, 5.41) is 7.93. The molecule has 0 saturated heterocycles. The normalized spacial score (nSPS) is 11.2. The smallest absolute Gasteiger partial charge is 0.276 e. The molecule has 9 heteroatoms. The van der Waals surface area contributed by atoms with Gasteiger partial charge in [0.25, 0.3) is 5.91 Å². The van der Waals surface area contributed by atoms with Gasteiger partial charge in [0.05, 0.1) is 40.9 Å². The molecule has 4 heterocycles. The molecule has 0 unspecified atom stereocenters. The summed E-state index contributed by atoms with van der Waals surface area (Å²) in [5.74, 6) is 0.507. The summed E-state index contributed by atoms with van der Waals surface area (Å²) in [5.41, 5.74) is 2.42. The maximum absolute atomic E-state index is 12.9. The summed E-state index contributed by atoms with van der Waals surface area (Å²) in [6.07, 6.45) is 3.27. The highest BCUT2D eigenvalue weighted by molar-refractivity contribution is 7.17. The summed E-state index contributed by atoms with van der Waals surface area (Å²) >= 11 is 1.42. The van der Waals surface area contributed by atoms with Gasteiger partial charge < -0.3 is 15.4 Å². The minimum Gasteiger partial charge on any atom is -0.481 e. The summed E-state index contributed by atoms with van der Waals surface area (Å²) in [6, 6.07) is 10.9. The third-order valence-corrected chi connectivity index (χ3v) is 5.11. The number of rotatable bonds is 6. The van der Waals surface area contributed by atoms with Crippen LogP contribution in [0.25, 0.3) is 10.2 Å².